The summed E-state index contributed by atoms with van der Waals surface area (Å²) in [6.45, 7) is 51.8. The molecule has 3 N–H and O–H groups in total. The highest BCUT2D eigenvalue weighted by Gasteiger charge is 2.51. The van der Waals surface area contributed by atoms with E-state index in [9.17, 15) is 9.59 Å². The lowest BCUT2D eigenvalue weighted by Crippen LogP contribution is -2.50. The summed E-state index contributed by atoms with van der Waals surface area (Å²) in [7, 11) is 0. The van der Waals surface area contributed by atoms with E-state index in [0.29, 0.717) is 72.0 Å². The Morgan fingerprint density at radius 1 is 0.597 bits per heavy atom. The molecule has 2 fully saturated rings. The predicted octanol–water partition coefficient (Wildman–Crippen LogP) is 15.9. The molecule has 2 saturated carbocycles. The zero-order chi connectivity index (χ0) is 55.0. The molecule has 0 bridgehead atoms. The maximum absolute atomic E-state index is 15.4. The summed E-state index contributed by atoms with van der Waals surface area (Å²) in [4.78, 5) is 68.6. The van der Waals surface area contributed by atoms with Gasteiger partial charge in [-0.15, -0.1) is 0 Å². The number of hydrogen-bond acceptors (Lipinski definition) is 7. The van der Waals surface area contributed by atoms with Crippen molar-refractivity contribution in [3.63, 3.8) is 0 Å². The van der Waals surface area contributed by atoms with E-state index in [2.05, 4.69) is 113 Å². The Balaban J connectivity index is 2.08. The highest BCUT2D eigenvalue weighted by atomic mass is 16.5. The third kappa shape index (κ3) is 13.0. The van der Waals surface area contributed by atoms with Gasteiger partial charge in [0.15, 0.2) is 0 Å². The number of aliphatic imine (C=N–C) groups is 1. The molecule has 3 aliphatic rings. The van der Waals surface area contributed by atoms with Gasteiger partial charge in [0.2, 0.25) is 11.8 Å². The molecular formula is C62H104N4O6. The summed E-state index contributed by atoms with van der Waals surface area (Å²) < 4.78 is 13.9. The lowest BCUT2D eigenvalue weighted by molar-refractivity contribution is -0.164. The number of aromatic nitrogens is 1. The number of esters is 2. The maximum atomic E-state index is 15.4. The number of nitrogens with zero attached hydrogens (tertiary/aromatic N) is 1. The zero-order valence-corrected chi connectivity index (χ0v) is 50.1. The molecular weight excluding hydrogens is 897 g/mol. The molecule has 1 aromatic rings. The van der Waals surface area contributed by atoms with Gasteiger partial charge in [-0.1, -0.05) is 166 Å². The standard InChI is InChI=1S/C62H104N4O6/c1-25-61(24,26-2)55(69)65-51-47(53(67)71-49-39(57(12,13)14)30-37(10)31-40(49)58(15,16)17)45(35(6)7)43(63-51)34-44-46(36(8)9)48(52(64-44)66-56(70)62(27-3,28-4)29-5)54(68)72-50-41(59(18,19)20)32-38(11)33-42(50)60(21,22)23/h34-42,49-50,63H,25-33H2,1-24H3,(H,65,69)(H,64,66,70)/b44-34-. The second kappa shape index (κ2) is 22.7. The number of carbonyl (C=O) groups excluding carboxylic acids is 4. The van der Waals surface area contributed by atoms with Crippen LogP contribution in [0.3, 0.4) is 0 Å². The number of aromatic amines is 1. The largest absolute Gasteiger partial charge is 0.458 e. The number of rotatable bonds is 15. The molecule has 2 heterocycles. The van der Waals surface area contributed by atoms with Gasteiger partial charge in [-0.3, -0.25) is 9.59 Å². The summed E-state index contributed by atoms with van der Waals surface area (Å²) in [6, 6.07) is 0. The molecule has 2 amide bonds. The van der Waals surface area contributed by atoms with Crippen LogP contribution < -0.4 is 10.6 Å². The number of anilines is 1. The molecule has 4 unspecified atom stereocenters. The number of allylic oxidation sites excluding steroid dienone is 1. The minimum atomic E-state index is -0.693. The first-order chi connectivity index (χ1) is 33.0. The van der Waals surface area contributed by atoms with Crippen molar-refractivity contribution in [2.45, 2.75) is 242 Å². The van der Waals surface area contributed by atoms with Gasteiger partial charge in [0.05, 0.1) is 5.70 Å². The molecule has 0 saturated heterocycles. The minimum Gasteiger partial charge on any atom is -0.458 e. The third-order valence-electron chi connectivity index (χ3n) is 18.2. The highest BCUT2D eigenvalue weighted by Crippen LogP contribution is 2.52. The first-order valence-electron chi connectivity index (χ1n) is 28.3. The molecule has 10 nitrogen and oxygen atoms in total. The molecule has 0 aromatic carbocycles. The molecule has 10 heteroatoms. The van der Waals surface area contributed by atoms with Gasteiger partial charge in [0, 0.05) is 40.2 Å². The van der Waals surface area contributed by atoms with Crippen molar-refractivity contribution in [1.29, 1.82) is 0 Å². The number of carbonyl (C=O) groups is 4. The normalized spacial score (nSPS) is 25.5. The van der Waals surface area contributed by atoms with Crippen molar-refractivity contribution < 1.29 is 28.7 Å². The molecule has 0 spiro atoms. The van der Waals surface area contributed by atoms with E-state index in [1.165, 1.54) is 0 Å². The molecule has 4 rings (SSSR count). The average molecular weight is 1000 g/mol. The summed E-state index contributed by atoms with van der Waals surface area (Å²) in [5.41, 5.74) is 1.05. The van der Waals surface area contributed by atoms with Crippen LogP contribution in [0.4, 0.5) is 5.82 Å². The van der Waals surface area contributed by atoms with Crippen molar-refractivity contribution in [3.8, 4) is 0 Å². The van der Waals surface area contributed by atoms with Crippen LogP contribution in [0.25, 0.3) is 6.08 Å². The first kappa shape index (κ1) is 60.9. The highest BCUT2D eigenvalue weighted by molar-refractivity contribution is 6.26. The summed E-state index contributed by atoms with van der Waals surface area (Å²) in [6.07, 6.45) is 8.03. The van der Waals surface area contributed by atoms with E-state index in [1.54, 1.807) is 0 Å². The molecule has 1 aliphatic heterocycles. The first-order valence-corrected chi connectivity index (χ1v) is 28.3. The van der Waals surface area contributed by atoms with Crippen molar-refractivity contribution in [3.05, 3.63) is 33.7 Å². The van der Waals surface area contributed by atoms with Crippen molar-refractivity contribution in [2.75, 3.05) is 5.32 Å². The van der Waals surface area contributed by atoms with Crippen LogP contribution in [0.1, 0.15) is 251 Å². The Morgan fingerprint density at radius 2 is 1.00 bits per heavy atom. The number of amides is 2. The summed E-state index contributed by atoms with van der Waals surface area (Å²) >= 11 is 0. The lowest BCUT2D eigenvalue weighted by atomic mass is 9.59. The van der Waals surface area contributed by atoms with Crippen LogP contribution in [-0.4, -0.2) is 46.8 Å². The van der Waals surface area contributed by atoms with Crippen molar-refractivity contribution >= 4 is 41.5 Å². The van der Waals surface area contributed by atoms with Crippen LogP contribution in [0, 0.1) is 73.9 Å². The van der Waals surface area contributed by atoms with E-state index < -0.39 is 22.8 Å². The van der Waals surface area contributed by atoms with Crippen LogP contribution in [0.2, 0.25) is 0 Å². The fourth-order valence-corrected chi connectivity index (χ4v) is 12.6. The SMILES string of the molecule is CCC(C)(CC)C(=O)Nc1[nH]c(/C=C2\N=C(NC(=O)C(CC)(CC)CC)C(C(=O)OC3C(C(C)(C)C)CC(C)CC3C(C)(C)C)=C2C(C)C)c(C(C)C)c1C(=O)OC1C(C(C)(C)C)CC(C)CC1C(C)(C)C. The monoisotopic (exact) mass is 1000 g/mol. The second-order valence-electron chi connectivity index (χ2n) is 28.1. The number of amidine groups is 1. The summed E-state index contributed by atoms with van der Waals surface area (Å²) in [5, 5.41) is 6.42. The van der Waals surface area contributed by atoms with E-state index in [0.717, 1.165) is 25.7 Å². The van der Waals surface area contributed by atoms with E-state index in [1.807, 2.05) is 75.3 Å². The third-order valence-corrected chi connectivity index (χ3v) is 18.2. The van der Waals surface area contributed by atoms with Crippen LogP contribution in [-0.2, 0) is 23.9 Å². The Morgan fingerprint density at radius 3 is 1.35 bits per heavy atom. The Bertz CT molecular complexity index is 2150. The van der Waals surface area contributed by atoms with Gasteiger partial charge in [-0.2, -0.15) is 0 Å². The van der Waals surface area contributed by atoms with Gasteiger partial charge >= 0.3 is 11.9 Å². The topological polar surface area (TPSA) is 139 Å². The van der Waals surface area contributed by atoms with Gasteiger partial charge in [0.1, 0.15) is 35.0 Å². The number of ether oxygens (including phenoxy) is 2. The molecule has 1 aromatic heterocycles. The fraction of sp³-hybridized carbons (Fsp3) is 0.790. The Hall–Kier alpha value is -3.69. The van der Waals surface area contributed by atoms with Gasteiger partial charge in [0.25, 0.3) is 0 Å². The fourth-order valence-electron chi connectivity index (χ4n) is 12.6. The molecule has 72 heavy (non-hydrogen) atoms. The molecule has 408 valence electrons. The number of nitrogens with one attached hydrogen (secondary N) is 3. The molecule has 0 radical (unpaired) electrons. The van der Waals surface area contributed by atoms with Crippen LogP contribution in [0.15, 0.2) is 21.8 Å². The Kier molecular flexibility index (Phi) is 19.1. The second-order valence-corrected chi connectivity index (χ2v) is 28.1. The van der Waals surface area contributed by atoms with Crippen LogP contribution in [0.5, 0.6) is 0 Å². The van der Waals surface area contributed by atoms with Gasteiger partial charge in [-0.05, 0) is 120 Å². The van der Waals surface area contributed by atoms with E-state index >= 15 is 9.59 Å². The van der Waals surface area contributed by atoms with E-state index in [-0.39, 0.29) is 98.4 Å². The van der Waals surface area contributed by atoms with E-state index in [4.69, 9.17) is 14.5 Å². The number of H-pyrrole nitrogens is 1. The minimum absolute atomic E-state index is 0.104. The van der Waals surface area contributed by atoms with Crippen molar-refractivity contribution in [1.82, 2.24) is 10.3 Å². The number of hydrogen-bond donors (Lipinski definition) is 3. The Labute approximate surface area is 438 Å². The smallest absolute Gasteiger partial charge is 0.342 e. The van der Waals surface area contributed by atoms with Crippen LogP contribution >= 0.6 is 0 Å². The zero-order valence-electron chi connectivity index (χ0n) is 50.1. The summed E-state index contributed by atoms with van der Waals surface area (Å²) in [5.74, 6) is 0.0580. The lowest BCUT2D eigenvalue weighted by Gasteiger charge is -2.50. The molecule has 2 aliphatic carbocycles. The molecule has 4 atom stereocenters. The maximum Gasteiger partial charge on any atom is 0.342 e. The van der Waals surface area contributed by atoms with Gasteiger partial charge in [-0.25, -0.2) is 14.6 Å². The average Bonchev–Trinajstić information content (AvgIpc) is 3.81. The van der Waals surface area contributed by atoms with Gasteiger partial charge < -0.3 is 25.1 Å². The quantitative estimate of drug-likeness (QED) is 0.150. The predicted molar refractivity (Wildman–Crippen MR) is 299 cm³/mol. The van der Waals surface area contributed by atoms with Crippen molar-refractivity contribution in [2.24, 2.45) is 78.9 Å².